The van der Waals surface area contributed by atoms with Gasteiger partial charge in [-0.25, -0.2) is 0 Å². The van der Waals surface area contributed by atoms with Gasteiger partial charge in [-0.3, -0.25) is 4.79 Å². The van der Waals surface area contributed by atoms with Crippen LogP contribution < -0.4 is 0 Å². The van der Waals surface area contributed by atoms with Gasteiger partial charge in [0.2, 0.25) is 0 Å². The lowest BCUT2D eigenvalue weighted by Gasteiger charge is -2.27. The van der Waals surface area contributed by atoms with Crippen molar-refractivity contribution in [2.45, 2.75) is 72.3 Å². The molecule has 0 aromatic rings. The first-order valence-electron chi connectivity index (χ1n) is 6.56. The van der Waals surface area contributed by atoms with Crippen LogP contribution in [-0.2, 0) is 9.53 Å². The fraction of sp³-hybridized carbons (Fsp3) is 0.929. The van der Waals surface area contributed by atoms with E-state index < -0.39 is 0 Å². The summed E-state index contributed by atoms with van der Waals surface area (Å²) in [6.45, 7) is 8.71. The molecular weight excluding hydrogens is 200 g/mol. The van der Waals surface area contributed by atoms with E-state index in [2.05, 4.69) is 27.7 Å². The number of hydrogen-bond acceptors (Lipinski definition) is 2. The zero-order valence-corrected chi connectivity index (χ0v) is 11.2. The Hall–Kier alpha value is -0.530. The normalized spacial score (nSPS) is 26.5. The average molecular weight is 226 g/mol. The van der Waals surface area contributed by atoms with Crippen LogP contribution in [0.5, 0.6) is 0 Å². The number of rotatable bonds is 3. The van der Waals surface area contributed by atoms with E-state index in [1.807, 2.05) is 0 Å². The molecular formula is C14H26O2. The lowest BCUT2D eigenvalue weighted by atomic mass is 9.88. The summed E-state index contributed by atoms with van der Waals surface area (Å²) in [4.78, 5) is 11.6. The van der Waals surface area contributed by atoms with Gasteiger partial charge in [0.05, 0.1) is 0 Å². The second-order valence-corrected chi connectivity index (χ2v) is 6.44. The third-order valence-corrected chi connectivity index (χ3v) is 3.27. The zero-order chi connectivity index (χ0) is 12.2. The third kappa shape index (κ3) is 5.53. The van der Waals surface area contributed by atoms with Crippen LogP contribution in [0, 0.1) is 11.3 Å². The fourth-order valence-corrected chi connectivity index (χ4v) is 2.21. The Balaban J connectivity index is 2.23. The zero-order valence-electron chi connectivity index (χ0n) is 11.2. The van der Waals surface area contributed by atoms with Crippen molar-refractivity contribution in [1.29, 1.82) is 0 Å². The van der Waals surface area contributed by atoms with E-state index in [-0.39, 0.29) is 17.5 Å². The first-order valence-corrected chi connectivity index (χ1v) is 6.56. The predicted octanol–water partition coefficient (Wildman–Crippen LogP) is 3.93. The summed E-state index contributed by atoms with van der Waals surface area (Å²) in [6, 6.07) is 0. The quantitative estimate of drug-likeness (QED) is 0.681. The van der Waals surface area contributed by atoms with Gasteiger partial charge < -0.3 is 4.74 Å². The summed E-state index contributed by atoms with van der Waals surface area (Å²) in [5.74, 6) is 0.711. The molecule has 2 nitrogen and oxygen atoms in total. The molecule has 0 spiro atoms. The highest BCUT2D eigenvalue weighted by molar-refractivity contribution is 5.69. The van der Waals surface area contributed by atoms with Gasteiger partial charge >= 0.3 is 5.97 Å². The molecule has 0 aromatic carbocycles. The van der Waals surface area contributed by atoms with Crippen molar-refractivity contribution in [2.24, 2.45) is 11.3 Å². The molecule has 0 aliphatic heterocycles. The molecule has 2 unspecified atom stereocenters. The topological polar surface area (TPSA) is 26.3 Å². The van der Waals surface area contributed by atoms with Gasteiger partial charge in [0, 0.05) is 6.42 Å². The Morgan fingerprint density at radius 3 is 2.56 bits per heavy atom. The van der Waals surface area contributed by atoms with Crippen LogP contribution in [0.1, 0.15) is 66.2 Å². The van der Waals surface area contributed by atoms with Crippen LogP contribution >= 0.6 is 0 Å². The maximum Gasteiger partial charge on any atom is 0.306 e. The molecule has 0 bridgehead atoms. The van der Waals surface area contributed by atoms with E-state index >= 15 is 0 Å². The van der Waals surface area contributed by atoms with Gasteiger partial charge in [-0.2, -0.15) is 0 Å². The van der Waals surface area contributed by atoms with E-state index in [0.29, 0.717) is 12.3 Å². The van der Waals surface area contributed by atoms with Crippen molar-refractivity contribution >= 4 is 5.97 Å². The van der Waals surface area contributed by atoms with Crippen LogP contribution in [-0.4, -0.2) is 12.1 Å². The van der Waals surface area contributed by atoms with E-state index in [4.69, 9.17) is 4.74 Å². The van der Waals surface area contributed by atoms with E-state index in [9.17, 15) is 4.79 Å². The Bertz CT molecular complexity index is 227. The minimum atomic E-state index is -0.00553. The molecule has 1 fully saturated rings. The second-order valence-electron chi connectivity index (χ2n) is 6.44. The van der Waals surface area contributed by atoms with Crippen LogP contribution in [0.4, 0.5) is 0 Å². The summed E-state index contributed by atoms with van der Waals surface area (Å²) in [5, 5.41) is 0. The Morgan fingerprint density at radius 1 is 1.31 bits per heavy atom. The number of carbonyl (C=O) groups is 1. The molecule has 0 radical (unpaired) electrons. The maximum absolute atomic E-state index is 11.6. The van der Waals surface area contributed by atoms with Crippen molar-refractivity contribution in [1.82, 2.24) is 0 Å². The Kier molecular flexibility index (Phi) is 4.82. The van der Waals surface area contributed by atoms with E-state index in [0.717, 1.165) is 19.3 Å². The van der Waals surface area contributed by atoms with E-state index in [1.54, 1.807) is 0 Å². The molecule has 2 heteroatoms. The highest BCUT2D eigenvalue weighted by Gasteiger charge is 2.22. The van der Waals surface area contributed by atoms with Crippen molar-refractivity contribution in [3.63, 3.8) is 0 Å². The second kappa shape index (κ2) is 5.70. The highest BCUT2D eigenvalue weighted by Crippen LogP contribution is 2.27. The van der Waals surface area contributed by atoms with Gasteiger partial charge in [0.1, 0.15) is 6.10 Å². The summed E-state index contributed by atoms with van der Waals surface area (Å²) >= 11 is 0. The molecule has 0 amide bonds. The smallest absolute Gasteiger partial charge is 0.306 e. The van der Waals surface area contributed by atoms with Crippen molar-refractivity contribution < 1.29 is 9.53 Å². The molecule has 1 aliphatic rings. The predicted molar refractivity (Wildman–Crippen MR) is 66.2 cm³/mol. The molecule has 0 N–H and O–H groups in total. The fourth-order valence-electron chi connectivity index (χ4n) is 2.21. The molecule has 0 heterocycles. The SMILES string of the molecule is CC1CCCC(OC(=O)CCC(C)(C)C)C1. The number of esters is 1. The van der Waals surface area contributed by atoms with Gasteiger partial charge in [0.25, 0.3) is 0 Å². The van der Waals surface area contributed by atoms with Crippen LogP contribution in [0.15, 0.2) is 0 Å². The molecule has 0 saturated heterocycles. The molecule has 1 rings (SSSR count). The average Bonchev–Trinajstić information content (AvgIpc) is 2.14. The minimum absolute atomic E-state index is 0.00553. The molecule has 1 aliphatic carbocycles. The lowest BCUT2D eigenvalue weighted by molar-refractivity contribution is -0.151. The van der Waals surface area contributed by atoms with Crippen molar-refractivity contribution in [2.75, 3.05) is 0 Å². The first kappa shape index (κ1) is 13.5. The van der Waals surface area contributed by atoms with Crippen molar-refractivity contribution in [3.05, 3.63) is 0 Å². The molecule has 16 heavy (non-hydrogen) atoms. The van der Waals surface area contributed by atoms with Gasteiger partial charge in [-0.1, -0.05) is 34.1 Å². The largest absolute Gasteiger partial charge is 0.462 e. The number of ether oxygens (including phenoxy) is 1. The lowest BCUT2D eigenvalue weighted by Crippen LogP contribution is -2.25. The monoisotopic (exact) mass is 226 g/mol. The van der Waals surface area contributed by atoms with Crippen LogP contribution in [0.25, 0.3) is 0 Å². The van der Waals surface area contributed by atoms with Crippen LogP contribution in [0.2, 0.25) is 0 Å². The first-order chi connectivity index (χ1) is 7.37. The van der Waals surface area contributed by atoms with Crippen LogP contribution in [0.3, 0.4) is 0 Å². The molecule has 0 aromatic heterocycles. The summed E-state index contributed by atoms with van der Waals surface area (Å²) in [7, 11) is 0. The van der Waals surface area contributed by atoms with Crippen molar-refractivity contribution in [3.8, 4) is 0 Å². The summed E-state index contributed by atoms with van der Waals surface area (Å²) in [6.07, 6.45) is 6.28. The number of carbonyl (C=O) groups excluding carboxylic acids is 1. The summed E-state index contributed by atoms with van der Waals surface area (Å²) in [5.41, 5.74) is 0.221. The Morgan fingerprint density at radius 2 is 2.00 bits per heavy atom. The molecule has 2 atom stereocenters. The minimum Gasteiger partial charge on any atom is -0.462 e. The van der Waals surface area contributed by atoms with Gasteiger partial charge in [-0.05, 0) is 37.0 Å². The van der Waals surface area contributed by atoms with Gasteiger partial charge in [0.15, 0.2) is 0 Å². The molecule has 94 valence electrons. The maximum atomic E-state index is 11.6. The van der Waals surface area contributed by atoms with E-state index in [1.165, 1.54) is 12.8 Å². The third-order valence-electron chi connectivity index (χ3n) is 3.27. The Labute approximate surface area is 99.8 Å². The standard InChI is InChI=1S/C14H26O2/c1-11-6-5-7-12(10-11)16-13(15)8-9-14(2,3)4/h11-12H,5-10H2,1-4H3. The van der Waals surface area contributed by atoms with Gasteiger partial charge in [-0.15, -0.1) is 0 Å². The number of hydrogen-bond donors (Lipinski definition) is 0. The highest BCUT2D eigenvalue weighted by atomic mass is 16.5. The molecule has 1 saturated carbocycles. The summed E-state index contributed by atoms with van der Waals surface area (Å²) < 4.78 is 5.52.